The first kappa shape index (κ1) is 27.8. The molecule has 0 unspecified atom stereocenters. The van der Waals surface area contributed by atoms with Crippen molar-refractivity contribution in [1.82, 2.24) is 10.3 Å². The van der Waals surface area contributed by atoms with Crippen LogP contribution in [-0.2, 0) is 22.4 Å². The summed E-state index contributed by atoms with van der Waals surface area (Å²) in [6.07, 6.45) is 1.55. The van der Waals surface area contributed by atoms with Crippen LogP contribution in [0.2, 0.25) is 0 Å². The third-order valence-corrected chi connectivity index (χ3v) is 6.48. The number of carboxylic acid groups (broad SMARTS) is 1. The maximum Gasteiger partial charge on any atom is 0.326 e. The Morgan fingerprint density at radius 3 is 2.46 bits per heavy atom. The SMILES string of the molecule is Cc1oc(-c2ccccc2)nc1CCOc1ccc(C[C@H](NC(=O)C(F)=Cc2ccccc2)C(=O)O)cc1Br. The summed E-state index contributed by atoms with van der Waals surface area (Å²) < 4.78 is 26.6. The van der Waals surface area contributed by atoms with Crippen molar-refractivity contribution >= 4 is 33.9 Å². The van der Waals surface area contributed by atoms with Crippen molar-refractivity contribution in [2.24, 2.45) is 0 Å². The van der Waals surface area contributed by atoms with Crippen LogP contribution in [0.5, 0.6) is 5.75 Å². The summed E-state index contributed by atoms with van der Waals surface area (Å²) in [5, 5.41) is 11.8. The molecule has 1 amide bonds. The number of carboxylic acids is 1. The van der Waals surface area contributed by atoms with Gasteiger partial charge in [0.25, 0.3) is 5.91 Å². The van der Waals surface area contributed by atoms with Crippen LogP contribution in [0.1, 0.15) is 22.6 Å². The molecule has 0 fully saturated rings. The van der Waals surface area contributed by atoms with E-state index in [1.54, 1.807) is 48.5 Å². The van der Waals surface area contributed by atoms with E-state index in [1.807, 2.05) is 37.3 Å². The number of hydrogen-bond donors (Lipinski definition) is 2. The number of carbonyl (C=O) groups is 2. The number of benzene rings is 3. The van der Waals surface area contributed by atoms with Gasteiger partial charge in [-0.3, -0.25) is 4.79 Å². The molecule has 4 aromatic rings. The summed E-state index contributed by atoms with van der Waals surface area (Å²) in [7, 11) is 0. The van der Waals surface area contributed by atoms with Crippen molar-refractivity contribution in [3.63, 3.8) is 0 Å². The molecule has 2 N–H and O–H groups in total. The number of aromatic nitrogens is 1. The summed E-state index contributed by atoms with van der Waals surface area (Å²) in [6, 6.07) is 21.9. The Kier molecular flexibility index (Phi) is 9.27. The van der Waals surface area contributed by atoms with Gasteiger partial charge in [0.2, 0.25) is 5.89 Å². The quantitative estimate of drug-likeness (QED) is 0.202. The fourth-order valence-corrected chi connectivity index (χ4v) is 4.37. The molecule has 0 spiro atoms. The molecule has 4 rings (SSSR count). The van der Waals surface area contributed by atoms with Crippen molar-refractivity contribution in [2.45, 2.75) is 25.8 Å². The molecular weight excluding hydrogens is 567 g/mol. The lowest BCUT2D eigenvalue weighted by Gasteiger charge is -2.15. The second-order valence-corrected chi connectivity index (χ2v) is 9.58. The lowest BCUT2D eigenvalue weighted by Crippen LogP contribution is -2.42. The second kappa shape index (κ2) is 13.0. The van der Waals surface area contributed by atoms with Crippen molar-refractivity contribution in [3.8, 4) is 17.2 Å². The van der Waals surface area contributed by atoms with Crippen LogP contribution in [0, 0.1) is 6.92 Å². The Hall–Kier alpha value is -4.24. The molecule has 39 heavy (non-hydrogen) atoms. The average molecular weight is 593 g/mol. The lowest BCUT2D eigenvalue weighted by atomic mass is 10.1. The highest BCUT2D eigenvalue weighted by atomic mass is 79.9. The topological polar surface area (TPSA) is 102 Å². The van der Waals surface area contributed by atoms with Gasteiger partial charge >= 0.3 is 5.97 Å². The highest BCUT2D eigenvalue weighted by molar-refractivity contribution is 9.10. The molecule has 0 aliphatic carbocycles. The second-order valence-electron chi connectivity index (χ2n) is 8.72. The van der Waals surface area contributed by atoms with Gasteiger partial charge in [0.05, 0.1) is 16.8 Å². The number of amides is 1. The minimum Gasteiger partial charge on any atom is -0.492 e. The highest BCUT2D eigenvalue weighted by Crippen LogP contribution is 2.27. The van der Waals surface area contributed by atoms with Crippen LogP contribution >= 0.6 is 15.9 Å². The molecule has 1 atom stereocenters. The number of nitrogens with one attached hydrogen (secondary N) is 1. The van der Waals surface area contributed by atoms with Crippen LogP contribution in [0.4, 0.5) is 4.39 Å². The molecular formula is C30H26BrFN2O5. The standard InChI is InChI=1S/C30H26BrFN2O5/c1-19-25(34-29(39-19)22-10-6-3-7-11-22)14-15-38-27-13-12-21(16-23(27)31)18-26(30(36)37)33-28(35)24(32)17-20-8-4-2-5-9-20/h2-13,16-17,26H,14-15,18H2,1H3,(H,33,35)(H,36,37)/t26-/m0/s1. The minimum atomic E-state index is -1.32. The molecule has 1 aromatic heterocycles. The predicted molar refractivity (Wildman–Crippen MR) is 149 cm³/mol. The van der Waals surface area contributed by atoms with Gasteiger partial charge in [-0.05, 0) is 64.3 Å². The van der Waals surface area contributed by atoms with Gasteiger partial charge < -0.3 is 19.6 Å². The van der Waals surface area contributed by atoms with Gasteiger partial charge in [0.1, 0.15) is 17.6 Å². The maximum absolute atomic E-state index is 14.3. The van der Waals surface area contributed by atoms with Crippen LogP contribution < -0.4 is 10.1 Å². The van der Waals surface area contributed by atoms with E-state index in [0.29, 0.717) is 40.3 Å². The number of aryl methyl sites for hydroxylation is 1. The Labute approximate surface area is 233 Å². The first-order valence-electron chi connectivity index (χ1n) is 12.2. The number of halogens is 2. The zero-order valence-corrected chi connectivity index (χ0v) is 22.7. The third kappa shape index (κ3) is 7.64. The predicted octanol–water partition coefficient (Wildman–Crippen LogP) is 6.16. The number of ether oxygens (including phenoxy) is 1. The van der Waals surface area contributed by atoms with Gasteiger partial charge in [-0.25, -0.2) is 14.2 Å². The zero-order chi connectivity index (χ0) is 27.8. The van der Waals surface area contributed by atoms with Crippen molar-refractivity contribution in [2.75, 3.05) is 6.61 Å². The largest absolute Gasteiger partial charge is 0.492 e. The zero-order valence-electron chi connectivity index (χ0n) is 21.1. The van der Waals surface area contributed by atoms with Gasteiger partial charge in [0.15, 0.2) is 5.83 Å². The first-order valence-corrected chi connectivity index (χ1v) is 13.0. The van der Waals surface area contributed by atoms with Crippen molar-refractivity contribution in [1.29, 1.82) is 0 Å². The minimum absolute atomic E-state index is 0.0427. The Morgan fingerprint density at radius 2 is 1.79 bits per heavy atom. The Bertz CT molecular complexity index is 1470. The van der Waals surface area contributed by atoms with Gasteiger partial charge in [-0.1, -0.05) is 54.6 Å². The van der Waals surface area contributed by atoms with Crippen LogP contribution in [-0.4, -0.2) is 34.6 Å². The molecule has 200 valence electrons. The number of carbonyl (C=O) groups excluding carboxylic acids is 1. The summed E-state index contributed by atoms with van der Waals surface area (Å²) in [4.78, 5) is 28.6. The molecule has 0 radical (unpaired) electrons. The van der Waals surface area contributed by atoms with E-state index in [-0.39, 0.29) is 6.42 Å². The number of hydrogen-bond acceptors (Lipinski definition) is 5. The Morgan fingerprint density at radius 1 is 1.10 bits per heavy atom. The van der Waals surface area contributed by atoms with E-state index in [1.165, 1.54) is 0 Å². The van der Waals surface area contributed by atoms with E-state index < -0.39 is 23.7 Å². The lowest BCUT2D eigenvalue weighted by molar-refractivity contribution is -0.141. The number of aliphatic carboxylic acids is 1. The maximum atomic E-state index is 14.3. The molecule has 0 saturated carbocycles. The fraction of sp³-hybridized carbons (Fsp3) is 0.167. The summed E-state index contributed by atoms with van der Waals surface area (Å²) in [5.41, 5.74) is 2.81. The fourth-order valence-electron chi connectivity index (χ4n) is 3.83. The third-order valence-electron chi connectivity index (χ3n) is 5.86. The number of rotatable bonds is 11. The molecule has 0 bridgehead atoms. The van der Waals surface area contributed by atoms with Crippen molar-refractivity contribution in [3.05, 3.63) is 112 Å². The molecule has 0 saturated heterocycles. The highest BCUT2D eigenvalue weighted by Gasteiger charge is 2.23. The molecule has 3 aromatic carbocycles. The van der Waals surface area contributed by atoms with E-state index in [0.717, 1.165) is 23.1 Å². The van der Waals surface area contributed by atoms with Crippen LogP contribution in [0.25, 0.3) is 17.5 Å². The smallest absolute Gasteiger partial charge is 0.326 e. The van der Waals surface area contributed by atoms with Gasteiger partial charge in [-0.15, -0.1) is 0 Å². The average Bonchev–Trinajstić information content (AvgIpc) is 3.30. The number of nitrogens with zero attached hydrogens (tertiary/aromatic N) is 1. The molecule has 1 heterocycles. The Balaban J connectivity index is 1.34. The summed E-state index contributed by atoms with van der Waals surface area (Å²) >= 11 is 3.46. The van der Waals surface area contributed by atoms with Crippen molar-refractivity contribution < 1.29 is 28.2 Å². The van der Waals surface area contributed by atoms with Crippen LogP contribution in [0.15, 0.2) is 93.6 Å². The van der Waals surface area contributed by atoms with Crippen LogP contribution in [0.3, 0.4) is 0 Å². The van der Waals surface area contributed by atoms with Gasteiger partial charge in [0, 0.05) is 18.4 Å². The molecule has 9 heteroatoms. The normalized spacial score (nSPS) is 12.1. The molecule has 0 aliphatic rings. The number of oxazole rings is 1. The summed E-state index contributed by atoms with van der Waals surface area (Å²) in [6.45, 7) is 2.21. The van der Waals surface area contributed by atoms with E-state index >= 15 is 0 Å². The molecule has 0 aliphatic heterocycles. The van der Waals surface area contributed by atoms with E-state index in [4.69, 9.17) is 9.15 Å². The van der Waals surface area contributed by atoms with E-state index in [9.17, 15) is 19.1 Å². The first-order chi connectivity index (χ1) is 18.8. The molecule has 7 nitrogen and oxygen atoms in total. The van der Waals surface area contributed by atoms with Gasteiger partial charge in [-0.2, -0.15) is 0 Å². The summed E-state index contributed by atoms with van der Waals surface area (Å²) in [5.74, 6) is -1.59. The van der Waals surface area contributed by atoms with E-state index in [2.05, 4.69) is 26.2 Å². The monoisotopic (exact) mass is 592 g/mol.